The molecule has 0 aliphatic heterocycles. The van der Waals surface area contributed by atoms with Crippen LogP contribution in [0.2, 0.25) is 0 Å². The molecule has 162 valence electrons. The molecule has 6 heteroatoms. The number of rotatable bonds is 6. The number of ketones is 1. The van der Waals surface area contributed by atoms with Gasteiger partial charge in [-0.3, -0.25) is 9.59 Å². The first kappa shape index (κ1) is 20.6. The Labute approximate surface area is 188 Å². The highest BCUT2D eigenvalue weighted by atomic mass is 19.1. The van der Waals surface area contributed by atoms with E-state index in [2.05, 4.69) is 4.98 Å². The summed E-state index contributed by atoms with van der Waals surface area (Å²) in [7, 11) is 0. The fourth-order valence-electron chi connectivity index (χ4n) is 3.98. The Balaban J connectivity index is 1.54. The second kappa shape index (κ2) is 8.31. The smallest absolute Gasteiger partial charge is 0.228 e. The molecular weight excluding hydrogens is 419 g/mol. The van der Waals surface area contributed by atoms with Crippen molar-refractivity contribution < 1.29 is 18.4 Å². The summed E-state index contributed by atoms with van der Waals surface area (Å²) < 4.78 is 22.8. The van der Waals surface area contributed by atoms with Crippen LogP contribution in [0.1, 0.15) is 33.3 Å². The lowest BCUT2D eigenvalue weighted by Crippen LogP contribution is -2.05. The maximum absolute atomic E-state index is 15.1. The van der Waals surface area contributed by atoms with Gasteiger partial charge in [-0.2, -0.15) is 4.98 Å². The van der Waals surface area contributed by atoms with Crippen LogP contribution in [0.4, 0.5) is 4.39 Å². The van der Waals surface area contributed by atoms with Crippen molar-refractivity contribution in [3.05, 3.63) is 95.4 Å². The van der Waals surface area contributed by atoms with Gasteiger partial charge < -0.3 is 8.98 Å². The molecule has 0 atom stereocenters. The highest BCUT2D eigenvalue weighted by Crippen LogP contribution is 2.29. The van der Waals surface area contributed by atoms with Crippen LogP contribution in [0.25, 0.3) is 39.5 Å². The second-order valence-electron chi connectivity index (χ2n) is 7.61. The molecule has 0 aliphatic carbocycles. The van der Waals surface area contributed by atoms with E-state index in [0.717, 1.165) is 22.4 Å². The van der Waals surface area contributed by atoms with E-state index in [-0.39, 0.29) is 11.1 Å². The number of carbonyl (C=O) groups excluding carboxylic acids is 2. The number of hydrogen-bond acceptors (Lipinski definition) is 4. The lowest BCUT2D eigenvalue weighted by atomic mass is 9.98. The molecule has 5 aromatic rings. The van der Waals surface area contributed by atoms with Crippen LogP contribution in [0.15, 0.2) is 83.0 Å². The summed E-state index contributed by atoms with van der Waals surface area (Å²) in [5.74, 6) is -1.34. The highest BCUT2D eigenvalue weighted by molar-refractivity contribution is 6.15. The topological polar surface area (TPSA) is 65.1 Å². The van der Waals surface area contributed by atoms with E-state index in [1.807, 2.05) is 61.5 Å². The van der Waals surface area contributed by atoms with E-state index in [9.17, 15) is 9.59 Å². The van der Waals surface area contributed by atoms with Crippen LogP contribution in [0.3, 0.4) is 0 Å². The molecule has 0 saturated heterocycles. The summed E-state index contributed by atoms with van der Waals surface area (Å²) in [6.07, 6.45) is 1.74. The largest absolute Gasteiger partial charge is 0.434 e. The maximum Gasteiger partial charge on any atom is 0.228 e. The maximum atomic E-state index is 15.1. The van der Waals surface area contributed by atoms with Crippen molar-refractivity contribution >= 4 is 40.1 Å². The molecule has 0 aliphatic rings. The minimum absolute atomic E-state index is 0.0280. The zero-order valence-electron chi connectivity index (χ0n) is 17.8. The standard InChI is InChI=1S/C27H19FN2O3/c1-2-30-21(15-24-26(30)29-27(33-24)17-8-4-3-5-9-17)14-23(28)25(32)22-13-19-11-7-6-10-18(19)12-20(22)16-31/h3-16H,2H2,1H3/b23-14-. The predicted molar refractivity (Wildman–Crippen MR) is 126 cm³/mol. The first-order valence-electron chi connectivity index (χ1n) is 10.5. The normalized spacial score (nSPS) is 11.9. The van der Waals surface area contributed by atoms with E-state index in [1.165, 1.54) is 0 Å². The first-order chi connectivity index (χ1) is 16.1. The number of aromatic nitrogens is 2. The van der Waals surface area contributed by atoms with E-state index >= 15 is 4.39 Å². The summed E-state index contributed by atoms with van der Waals surface area (Å²) in [6.45, 7) is 2.41. The molecule has 0 N–H and O–H groups in total. The Hall–Kier alpha value is -4.32. The number of halogens is 1. The molecule has 2 aromatic heterocycles. The molecule has 0 bridgehead atoms. The van der Waals surface area contributed by atoms with Gasteiger partial charge in [0.25, 0.3) is 0 Å². The summed E-state index contributed by atoms with van der Waals surface area (Å²) in [4.78, 5) is 29.0. The van der Waals surface area contributed by atoms with Crippen LogP contribution in [-0.2, 0) is 6.54 Å². The summed E-state index contributed by atoms with van der Waals surface area (Å²) >= 11 is 0. The first-order valence-corrected chi connectivity index (χ1v) is 10.5. The van der Waals surface area contributed by atoms with Crippen molar-refractivity contribution in [1.29, 1.82) is 0 Å². The van der Waals surface area contributed by atoms with Gasteiger partial charge >= 0.3 is 0 Å². The summed E-state index contributed by atoms with van der Waals surface area (Å²) in [5, 5.41) is 1.56. The zero-order chi connectivity index (χ0) is 22.9. The van der Waals surface area contributed by atoms with Gasteiger partial charge in [-0.25, -0.2) is 4.39 Å². The number of carbonyl (C=O) groups is 2. The zero-order valence-corrected chi connectivity index (χ0v) is 17.8. The SMILES string of the molecule is CCn1c(/C=C(\F)C(=O)c2cc3ccccc3cc2C=O)cc2oc(-c3ccccc3)nc21. The fourth-order valence-corrected chi connectivity index (χ4v) is 3.98. The summed E-state index contributed by atoms with van der Waals surface area (Å²) in [6, 6.07) is 21.6. The number of oxazole rings is 1. The third-order valence-electron chi connectivity index (χ3n) is 5.60. The molecule has 2 heterocycles. The monoisotopic (exact) mass is 438 g/mol. The molecule has 5 nitrogen and oxygen atoms in total. The third kappa shape index (κ3) is 3.65. The van der Waals surface area contributed by atoms with Gasteiger partial charge in [0.05, 0.1) is 0 Å². The number of allylic oxidation sites excluding steroid dienone is 1. The Kier molecular flexibility index (Phi) is 5.18. The van der Waals surface area contributed by atoms with Crippen LogP contribution in [-0.4, -0.2) is 21.6 Å². The van der Waals surface area contributed by atoms with Gasteiger partial charge in [0, 0.05) is 41.1 Å². The molecule has 5 rings (SSSR count). The van der Waals surface area contributed by atoms with E-state index in [1.54, 1.807) is 22.8 Å². The molecular formula is C27H19FN2O3. The van der Waals surface area contributed by atoms with Gasteiger partial charge in [-0.1, -0.05) is 42.5 Å². The number of benzene rings is 3. The average molecular weight is 438 g/mol. The van der Waals surface area contributed by atoms with Gasteiger partial charge in [0.15, 0.2) is 23.3 Å². The average Bonchev–Trinajstić information content (AvgIpc) is 3.40. The van der Waals surface area contributed by atoms with Crippen LogP contribution >= 0.6 is 0 Å². The van der Waals surface area contributed by atoms with Gasteiger partial charge in [-0.15, -0.1) is 0 Å². The number of hydrogen-bond donors (Lipinski definition) is 0. The third-order valence-corrected chi connectivity index (χ3v) is 5.60. The second-order valence-corrected chi connectivity index (χ2v) is 7.61. The molecule has 33 heavy (non-hydrogen) atoms. The molecule has 3 aromatic carbocycles. The number of nitrogens with zero attached hydrogens (tertiary/aromatic N) is 2. The minimum atomic E-state index is -0.966. The quantitative estimate of drug-likeness (QED) is 0.173. The fraction of sp³-hybridized carbons (Fsp3) is 0.0741. The van der Waals surface area contributed by atoms with Crippen LogP contribution in [0, 0.1) is 0 Å². The Bertz CT molecular complexity index is 1540. The van der Waals surface area contributed by atoms with E-state index in [0.29, 0.717) is 35.6 Å². The van der Waals surface area contributed by atoms with E-state index in [4.69, 9.17) is 4.42 Å². The molecule has 0 fully saturated rings. The predicted octanol–water partition coefficient (Wildman–Crippen LogP) is 6.48. The Morgan fingerprint density at radius 2 is 1.73 bits per heavy atom. The number of aldehydes is 1. The van der Waals surface area contributed by atoms with Crippen molar-refractivity contribution in [3.63, 3.8) is 0 Å². The van der Waals surface area contributed by atoms with Gasteiger partial charge in [0.1, 0.15) is 0 Å². The van der Waals surface area contributed by atoms with Gasteiger partial charge in [0.2, 0.25) is 11.7 Å². The van der Waals surface area contributed by atoms with Crippen molar-refractivity contribution in [2.75, 3.05) is 0 Å². The molecule has 0 radical (unpaired) electrons. The summed E-state index contributed by atoms with van der Waals surface area (Å²) in [5.41, 5.74) is 2.55. The van der Waals surface area contributed by atoms with Gasteiger partial charge in [-0.05, 0) is 42.0 Å². The molecule has 0 spiro atoms. The highest BCUT2D eigenvalue weighted by Gasteiger charge is 2.20. The van der Waals surface area contributed by atoms with E-state index < -0.39 is 11.6 Å². The lowest BCUT2D eigenvalue weighted by Gasteiger charge is -2.07. The number of aryl methyl sites for hydroxylation is 1. The Morgan fingerprint density at radius 3 is 2.42 bits per heavy atom. The molecule has 0 saturated carbocycles. The molecule has 0 unspecified atom stereocenters. The Morgan fingerprint density at radius 1 is 1.03 bits per heavy atom. The number of fused-ring (bicyclic) bond motifs is 2. The van der Waals surface area contributed by atoms with Crippen molar-refractivity contribution in [2.24, 2.45) is 0 Å². The molecule has 0 amide bonds. The minimum Gasteiger partial charge on any atom is -0.434 e. The van der Waals surface area contributed by atoms with Crippen molar-refractivity contribution in [2.45, 2.75) is 13.5 Å². The van der Waals surface area contributed by atoms with Crippen molar-refractivity contribution in [1.82, 2.24) is 9.55 Å². The van der Waals surface area contributed by atoms with Crippen molar-refractivity contribution in [3.8, 4) is 11.5 Å². The number of Topliss-reactive ketones (excluding diaryl/α,β-unsaturated/α-hetero) is 1. The van der Waals surface area contributed by atoms with Crippen LogP contribution < -0.4 is 0 Å². The lowest BCUT2D eigenvalue weighted by molar-refractivity contribution is 0.0999. The van der Waals surface area contributed by atoms with Crippen LogP contribution in [0.5, 0.6) is 0 Å².